The Balaban J connectivity index is 1.88. The standard InChI is InChI=1S/C24H21ClN2O2/c1-15-8-9-18(12-16(15)2)24(29)27-14-22(28)26-21-11-10-19(25)13-20(21)23(27)17-6-4-3-5-7-17/h3-13,23H,14H2,1-2H3,(H,26,28)/t23-/m0/s1. The van der Waals surface area contributed by atoms with Crippen LogP contribution in [0.3, 0.4) is 0 Å². The van der Waals surface area contributed by atoms with Gasteiger partial charge in [0.1, 0.15) is 6.54 Å². The van der Waals surface area contributed by atoms with Crippen LogP contribution in [-0.4, -0.2) is 23.3 Å². The monoisotopic (exact) mass is 404 g/mol. The average molecular weight is 405 g/mol. The minimum Gasteiger partial charge on any atom is -0.324 e. The smallest absolute Gasteiger partial charge is 0.255 e. The summed E-state index contributed by atoms with van der Waals surface area (Å²) in [6.45, 7) is 3.94. The van der Waals surface area contributed by atoms with E-state index in [9.17, 15) is 9.59 Å². The molecule has 0 radical (unpaired) electrons. The van der Waals surface area contributed by atoms with Gasteiger partial charge in [0.05, 0.1) is 6.04 Å². The quantitative estimate of drug-likeness (QED) is 0.642. The van der Waals surface area contributed by atoms with Crippen molar-refractivity contribution in [1.82, 2.24) is 4.90 Å². The van der Waals surface area contributed by atoms with Gasteiger partial charge in [0.2, 0.25) is 5.91 Å². The molecule has 4 nitrogen and oxygen atoms in total. The molecule has 0 aromatic heterocycles. The molecule has 0 aliphatic carbocycles. The number of rotatable bonds is 2. The van der Waals surface area contributed by atoms with Crippen molar-refractivity contribution in [2.24, 2.45) is 0 Å². The van der Waals surface area contributed by atoms with Crippen molar-refractivity contribution < 1.29 is 9.59 Å². The number of fused-ring (bicyclic) bond motifs is 1. The van der Waals surface area contributed by atoms with E-state index >= 15 is 0 Å². The summed E-state index contributed by atoms with van der Waals surface area (Å²) in [6.07, 6.45) is 0. The maximum Gasteiger partial charge on any atom is 0.255 e. The fourth-order valence-electron chi connectivity index (χ4n) is 3.70. The van der Waals surface area contributed by atoms with Crippen LogP contribution in [0.4, 0.5) is 5.69 Å². The third kappa shape index (κ3) is 3.76. The van der Waals surface area contributed by atoms with Crippen LogP contribution in [0.25, 0.3) is 0 Å². The lowest BCUT2D eigenvalue weighted by Gasteiger charge is -2.31. The van der Waals surface area contributed by atoms with E-state index in [0.29, 0.717) is 16.3 Å². The van der Waals surface area contributed by atoms with Crippen molar-refractivity contribution >= 4 is 29.1 Å². The van der Waals surface area contributed by atoms with Gasteiger partial charge in [-0.05, 0) is 60.9 Å². The second-order valence-corrected chi connectivity index (χ2v) is 7.76. The molecule has 5 heteroatoms. The van der Waals surface area contributed by atoms with Crippen molar-refractivity contribution in [3.63, 3.8) is 0 Å². The summed E-state index contributed by atoms with van der Waals surface area (Å²) >= 11 is 6.29. The molecule has 1 aliphatic rings. The Kier molecular flexibility index (Phi) is 5.12. The van der Waals surface area contributed by atoms with Gasteiger partial charge in [-0.1, -0.05) is 48.0 Å². The molecule has 4 rings (SSSR count). The molecule has 1 N–H and O–H groups in total. The predicted molar refractivity (Wildman–Crippen MR) is 115 cm³/mol. The molecule has 2 amide bonds. The van der Waals surface area contributed by atoms with Crippen molar-refractivity contribution in [1.29, 1.82) is 0 Å². The van der Waals surface area contributed by atoms with Crippen molar-refractivity contribution in [2.75, 3.05) is 11.9 Å². The number of hydrogen-bond acceptors (Lipinski definition) is 2. The number of aryl methyl sites for hydroxylation is 2. The molecule has 0 fully saturated rings. The van der Waals surface area contributed by atoms with E-state index in [1.165, 1.54) is 0 Å². The number of benzene rings is 3. The minimum atomic E-state index is -0.432. The zero-order valence-corrected chi connectivity index (χ0v) is 17.0. The lowest BCUT2D eigenvalue weighted by atomic mass is 9.95. The minimum absolute atomic E-state index is 0.0440. The molecule has 3 aromatic carbocycles. The molecule has 1 aliphatic heterocycles. The number of carbonyl (C=O) groups is 2. The van der Waals surface area contributed by atoms with E-state index in [-0.39, 0.29) is 18.4 Å². The van der Waals surface area contributed by atoms with Gasteiger partial charge in [0, 0.05) is 21.8 Å². The predicted octanol–water partition coefficient (Wildman–Crippen LogP) is 5.14. The van der Waals surface area contributed by atoms with Gasteiger partial charge in [-0.25, -0.2) is 0 Å². The summed E-state index contributed by atoms with van der Waals surface area (Å²) in [6, 6.07) is 20.3. The third-order valence-corrected chi connectivity index (χ3v) is 5.57. The van der Waals surface area contributed by atoms with Crippen LogP contribution in [0.15, 0.2) is 66.7 Å². The Morgan fingerprint density at radius 2 is 1.76 bits per heavy atom. The van der Waals surface area contributed by atoms with Crippen LogP contribution < -0.4 is 5.32 Å². The van der Waals surface area contributed by atoms with E-state index < -0.39 is 6.04 Å². The highest BCUT2D eigenvalue weighted by Crippen LogP contribution is 2.38. The lowest BCUT2D eigenvalue weighted by Crippen LogP contribution is -2.39. The molecule has 146 valence electrons. The van der Waals surface area contributed by atoms with Crippen LogP contribution in [0.1, 0.15) is 38.7 Å². The molecule has 3 aromatic rings. The van der Waals surface area contributed by atoms with Gasteiger partial charge in [0.15, 0.2) is 0 Å². The van der Waals surface area contributed by atoms with Gasteiger partial charge in [0.25, 0.3) is 5.91 Å². The molecule has 0 spiro atoms. The number of nitrogens with zero attached hydrogens (tertiary/aromatic N) is 1. The Labute approximate surface area is 175 Å². The van der Waals surface area contributed by atoms with Gasteiger partial charge < -0.3 is 10.2 Å². The Hall–Kier alpha value is -3.11. The van der Waals surface area contributed by atoms with Gasteiger partial charge in [-0.15, -0.1) is 0 Å². The van der Waals surface area contributed by atoms with Crippen molar-refractivity contribution in [3.05, 3.63) is 99.6 Å². The molecule has 29 heavy (non-hydrogen) atoms. The normalized spacial score (nSPS) is 16.0. The number of amides is 2. The van der Waals surface area contributed by atoms with Crippen molar-refractivity contribution in [2.45, 2.75) is 19.9 Å². The average Bonchev–Trinajstić information content (AvgIpc) is 2.85. The second-order valence-electron chi connectivity index (χ2n) is 7.33. The van der Waals surface area contributed by atoms with Crippen LogP contribution in [0.5, 0.6) is 0 Å². The Morgan fingerprint density at radius 3 is 2.48 bits per heavy atom. The topological polar surface area (TPSA) is 49.4 Å². The molecule has 0 unspecified atom stereocenters. The van der Waals surface area contributed by atoms with Crippen LogP contribution in [0.2, 0.25) is 5.02 Å². The van der Waals surface area contributed by atoms with Crippen LogP contribution >= 0.6 is 11.6 Å². The first-order valence-corrected chi connectivity index (χ1v) is 9.84. The van der Waals surface area contributed by atoms with Crippen molar-refractivity contribution in [3.8, 4) is 0 Å². The van der Waals surface area contributed by atoms with E-state index in [1.54, 1.807) is 17.0 Å². The number of hydrogen-bond donors (Lipinski definition) is 1. The summed E-state index contributed by atoms with van der Waals surface area (Å²) in [4.78, 5) is 27.8. The molecular formula is C24H21ClN2O2. The third-order valence-electron chi connectivity index (χ3n) is 5.34. The molecule has 0 saturated carbocycles. The summed E-state index contributed by atoms with van der Waals surface area (Å²) in [5, 5.41) is 3.47. The van der Waals surface area contributed by atoms with E-state index in [4.69, 9.17) is 11.6 Å². The molecule has 0 saturated heterocycles. The Morgan fingerprint density at radius 1 is 1.00 bits per heavy atom. The van der Waals surface area contributed by atoms with Crippen LogP contribution in [-0.2, 0) is 4.79 Å². The fraction of sp³-hybridized carbons (Fsp3) is 0.167. The van der Waals surface area contributed by atoms with E-state index in [0.717, 1.165) is 22.3 Å². The SMILES string of the molecule is Cc1ccc(C(=O)N2CC(=O)Nc3ccc(Cl)cc3[C@@H]2c2ccccc2)cc1C. The highest BCUT2D eigenvalue weighted by molar-refractivity contribution is 6.30. The first-order chi connectivity index (χ1) is 13.9. The van der Waals surface area contributed by atoms with Gasteiger partial charge in [-0.2, -0.15) is 0 Å². The summed E-state index contributed by atoms with van der Waals surface area (Å²) in [5.74, 6) is -0.422. The molecule has 0 bridgehead atoms. The number of nitrogens with one attached hydrogen (secondary N) is 1. The van der Waals surface area contributed by atoms with E-state index in [1.807, 2.05) is 68.4 Å². The first-order valence-electron chi connectivity index (χ1n) is 9.46. The molecule has 1 heterocycles. The highest BCUT2D eigenvalue weighted by atomic mass is 35.5. The maximum atomic E-state index is 13.6. The van der Waals surface area contributed by atoms with Crippen LogP contribution in [0, 0.1) is 13.8 Å². The second kappa shape index (κ2) is 7.72. The Bertz CT molecular complexity index is 1100. The first kappa shape index (κ1) is 19.2. The lowest BCUT2D eigenvalue weighted by molar-refractivity contribution is -0.117. The van der Waals surface area contributed by atoms with Gasteiger partial charge >= 0.3 is 0 Å². The van der Waals surface area contributed by atoms with Gasteiger partial charge in [-0.3, -0.25) is 9.59 Å². The number of halogens is 1. The molecular weight excluding hydrogens is 384 g/mol. The zero-order chi connectivity index (χ0) is 20.5. The summed E-state index contributed by atoms with van der Waals surface area (Å²) in [7, 11) is 0. The number of carbonyl (C=O) groups excluding carboxylic acids is 2. The maximum absolute atomic E-state index is 13.6. The number of anilines is 1. The highest BCUT2D eigenvalue weighted by Gasteiger charge is 2.34. The van der Waals surface area contributed by atoms with E-state index in [2.05, 4.69) is 5.32 Å². The zero-order valence-electron chi connectivity index (χ0n) is 16.3. The fourth-order valence-corrected chi connectivity index (χ4v) is 3.88. The largest absolute Gasteiger partial charge is 0.324 e. The molecule has 1 atom stereocenters. The summed E-state index contributed by atoms with van der Waals surface area (Å²) in [5.41, 5.74) is 5.11. The summed E-state index contributed by atoms with van der Waals surface area (Å²) < 4.78 is 0.